The zero-order valence-electron chi connectivity index (χ0n) is 18.1. The third-order valence-electron chi connectivity index (χ3n) is 6.87. The number of hydrogen-bond donors (Lipinski definition) is 0. The number of hydrogen-bond acceptors (Lipinski definition) is 0. The zero-order chi connectivity index (χ0) is 20.2. The average Bonchev–Trinajstić information content (AvgIpc) is 3.29. The van der Waals surface area contributed by atoms with Gasteiger partial charge in [0, 0.05) is 0 Å². The van der Waals surface area contributed by atoms with E-state index in [0.717, 1.165) is 0 Å². The summed E-state index contributed by atoms with van der Waals surface area (Å²) < 4.78 is 1.32. The first-order valence-corrected chi connectivity index (χ1v) is 19.8. The van der Waals surface area contributed by atoms with Gasteiger partial charge in [-0.1, -0.05) is 0 Å². The monoisotopic (exact) mass is 548 g/mol. The first-order valence-electron chi connectivity index (χ1n) is 10.8. The Morgan fingerprint density at radius 2 is 0.719 bits per heavy atom. The summed E-state index contributed by atoms with van der Waals surface area (Å²) in [6.07, 6.45) is 0. The van der Waals surface area contributed by atoms with Crippen molar-refractivity contribution in [2.24, 2.45) is 0 Å². The Kier molecular flexibility index (Phi) is 6.99. The number of benzene rings is 4. The number of fused-ring (bicyclic) bond motifs is 6. The molecule has 0 amide bonds. The second-order valence-electron chi connectivity index (χ2n) is 8.67. The van der Waals surface area contributed by atoms with Crippen molar-refractivity contribution in [1.29, 1.82) is 0 Å². The average molecular weight is 551 g/mol. The van der Waals surface area contributed by atoms with Crippen molar-refractivity contribution in [3.63, 3.8) is 0 Å². The summed E-state index contributed by atoms with van der Waals surface area (Å²) in [7, 11) is 0. The molecule has 0 N–H and O–H groups in total. The van der Waals surface area contributed by atoms with Crippen LogP contribution in [0.15, 0.2) is 97.1 Å². The van der Waals surface area contributed by atoms with E-state index in [2.05, 4.69) is 110 Å². The van der Waals surface area contributed by atoms with E-state index in [1.165, 1.54) is 22.3 Å². The van der Waals surface area contributed by atoms with Crippen LogP contribution in [0.4, 0.5) is 0 Å². The van der Waals surface area contributed by atoms with E-state index in [9.17, 15) is 0 Å². The van der Waals surface area contributed by atoms with E-state index >= 15 is 0 Å². The molecule has 0 radical (unpaired) electrons. The normalized spacial score (nSPS) is 12.9. The molecular weight excluding hydrogens is 527 g/mol. The van der Waals surface area contributed by atoms with Gasteiger partial charge in [0.15, 0.2) is 0 Å². The summed E-state index contributed by atoms with van der Waals surface area (Å²) in [5, 5.41) is 0. The second-order valence-corrected chi connectivity index (χ2v) is 26.5. The van der Waals surface area contributed by atoms with Crippen LogP contribution in [0.2, 0.25) is 13.1 Å². The predicted molar refractivity (Wildman–Crippen MR) is 125 cm³/mol. The Morgan fingerprint density at radius 3 is 0.969 bits per heavy atom. The molecule has 6 rings (SSSR count). The molecule has 4 heteroatoms. The molecule has 0 unspecified atom stereocenters. The van der Waals surface area contributed by atoms with Crippen LogP contribution in [0, 0.1) is 0 Å². The van der Waals surface area contributed by atoms with Gasteiger partial charge < -0.3 is 24.8 Å². The molecule has 0 atom stereocenters. The van der Waals surface area contributed by atoms with E-state index in [0.29, 0.717) is 7.25 Å². The van der Waals surface area contributed by atoms with Crippen LogP contribution in [0.3, 0.4) is 0 Å². The van der Waals surface area contributed by atoms with Crippen LogP contribution in [0.5, 0.6) is 0 Å². The van der Waals surface area contributed by atoms with Gasteiger partial charge in [-0.3, -0.25) is 0 Å². The minimum atomic E-state index is -2.03. The summed E-state index contributed by atoms with van der Waals surface area (Å²) in [6.45, 7) is 5.21. The van der Waals surface area contributed by atoms with E-state index in [4.69, 9.17) is 0 Å². The van der Waals surface area contributed by atoms with Crippen molar-refractivity contribution < 1.29 is 45.2 Å². The summed E-state index contributed by atoms with van der Waals surface area (Å²) >= 11 is -2.03. The van der Waals surface area contributed by atoms with E-state index in [1.807, 2.05) is 0 Å². The Balaban J connectivity index is 0.00000122. The molecular formula is C28H24Cl2SiZr. The summed E-state index contributed by atoms with van der Waals surface area (Å²) in [4.78, 5) is 0. The van der Waals surface area contributed by atoms with Gasteiger partial charge in [0.05, 0.1) is 0 Å². The SMILES string of the molecule is C[Si](C)=[Zr+2]([CH]1c2ccccc2-c2ccccc21)[CH]1c2ccccc2-c2ccccc21.[Cl-].[Cl-]. The molecule has 2 aliphatic carbocycles. The summed E-state index contributed by atoms with van der Waals surface area (Å²) in [5.41, 5.74) is 12.0. The molecule has 0 aliphatic heterocycles. The minimum Gasteiger partial charge on any atom is -1.00 e. The molecule has 0 saturated carbocycles. The van der Waals surface area contributed by atoms with E-state index in [1.54, 1.807) is 22.3 Å². The van der Waals surface area contributed by atoms with E-state index in [-0.39, 0.29) is 24.8 Å². The fraction of sp³-hybridized carbons (Fsp3) is 0.143. The second kappa shape index (κ2) is 9.43. The third kappa shape index (κ3) is 3.51. The van der Waals surface area contributed by atoms with Crippen LogP contribution in [-0.2, 0) is 20.4 Å². The van der Waals surface area contributed by atoms with Crippen molar-refractivity contribution in [2.75, 3.05) is 0 Å². The Morgan fingerprint density at radius 1 is 0.469 bits per heavy atom. The topological polar surface area (TPSA) is 0 Å². The molecule has 0 spiro atoms. The predicted octanol–water partition coefficient (Wildman–Crippen LogP) is 1.40. The zero-order valence-corrected chi connectivity index (χ0v) is 23.1. The van der Waals surface area contributed by atoms with Crippen molar-refractivity contribution in [3.8, 4) is 22.3 Å². The Hall–Kier alpha value is -1.44. The van der Waals surface area contributed by atoms with Crippen LogP contribution >= 0.6 is 0 Å². The molecule has 0 saturated heterocycles. The smallest absolute Gasteiger partial charge is 1.00 e. The molecule has 32 heavy (non-hydrogen) atoms. The molecule has 0 heterocycles. The van der Waals surface area contributed by atoms with Gasteiger partial charge in [-0.2, -0.15) is 0 Å². The quantitative estimate of drug-likeness (QED) is 0.331. The largest absolute Gasteiger partial charge is 1.00 e. The van der Waals surface area contributed by atoms with Gasteiger partial charge in [0.2, 0.25) is 0 Å². The van der Waals surface area contributed by atoms with Crippen molar-refractivity contribution >= 4 is 5.43 Å². The van der Waals surface area contributed by atoms with Gasteiger partial charge in [-0.15, -0.1) is 0 Å². The standard InChI is InChI=1S/2C13H9.C2H6Si.2ClH.Zr/c2*1-3-7-12-10(5-1)9-11-6-2-4-8-13(11)12;1-3-2;;;/h2*1-9H;1-2H3;2*1H;/q;;;;;+2/p-2. The fourth-order valence-electron chi connectivity index (χ4n) is 5.73. The maximum atomic E-state index is 2.60. The van der Waals surface area contributed by atoms with Crippen LogP contribution in [0.25, 0.3) is 22.3 Å². The number of halogens is 2. The van der Waals surface area contributed by atoms with Crippen molar-refractivity contribution in [1.82, 2.24) is 0 Å². The summed E-state index contributed by atoms with van der Waals surface area (Å²) in [6, 6.07) is 37.0. The molecule has 2 aliphatic rings. The summed E-state index contributed by atoms with van der Waals surface area (Å²) in [5.74, 6) is 0. The van der Waals surface area contributed by atoms with Crippen LogP contribution in [0.1, 0.15) is 29.5 Å². The molecule has 0 nitrogen and oxygen atoms in total. The van der Waals surface area contributed by atoms with Crippen molar-refractivity contribution in [2.45, 2.75) is 20.3 Å². The third-order valence-corrected chi connectivity index (χ3v) is 26.1. The maximum absolute atomic E-state index is 2.60. The van der Waals surface area contributed by atoms with Crippen LogP contribution < -0.4 is 24.8 Å². The number of rotatable bonds is 2. The Bertz CT molecular complexity index is 1150. The first kappa shape index (κ1) is 23.7. The van der Waals surface area contributed by atoms with Gasteiger partial charge in [0.1, 0.15) is 0 Å². The van der Waals surface area contributed by atoms with Gasteiger partial charge in [-0.05, 0) is 0 Å². The Labute approximate surface area is 211 Å². The fourth-order valence-corrected chi connectivity index (χ4v) is 25.7. The van der Waals surface area contributed by atoms with Gasteiger partial charge in [-0.25, -0.2) is 0 Å². The van der Waals surface area contributed by atoms with Gasteiger partial charge in [0.25, 0.3) is 0 Å². The molecule has 158 valence electrons. The van der Waals surface area contributed by atoms with Crippen LogP contribution in [-0.4, -0.2) is 5.43 Å². The van der Waals surface area contributed by atoms with Gasteiger partial charge >= 0.3 is 188 Å². The van der Waals surface area contributed by atoms with E-state index < -0.39 is 25.8 Å². The van der Waals surface area contributed by atoms with Crippen molar-refractivity contribution in [3.05, 3.63) is 119 Å². The molecule has 0 bridgehead atoms. The molecule has 4 aromatic carbocycles. The minimum absolute atomic E-state index is 0. The molecule has 0 fully saturated rings. The molecule has 4 aromatic rings. The molecule has 0 aromatic heterocycles. The maximum Gasteiger partial charge on any atom is -1.00 e. The first-order chi connectivity index (χ1) is 14.8.